The van der Waals surface area contributed by atoms with Crippen LogP contribution in [-0.2, 0) is 14.3 Å². The Hall–Kier alpha value is -1.49. The lowest BCUT2D eigenvalue weighted by molar-refractivity contribution is -0.151. The lowest BCUT2D eigenvalue weighted by atomic mass is 10.00. The number of ether oxygens (including phenoxy) is 1. The topological polar surface area (TPSA) is 46.6 Å². The first-order valence-corrected chi connectivity index (χ1v) is 9.65. The van der Waals surface area contributed by atoms with Gasteiger partial charge in [0.05, 0.1) is 5.75 Å². The summed E-state index contributed by atoms with van der Waals surface area (Å²) in [4.78, 5) is 27.2. The second-order valence-corrected chi connectivity index (χ2v) is 7.38. The molecule has 0 radical (unpaired) electrons. The third-order valence-corrected chi connectivity index (χ3v) is 5.60. The van der Waals surface area contributed by atoms with Gasteiger partial charge in [-0.1, -0.05) is 24.6 Å². The summed E-state index contributed by atoms with van der Waals surface area (Å²) in [6.07, 6.45) is 4.23. The van der Waals surface area contributed by atoms with Gasteiger partial charge in [0.1, 0.15) is 0 Å². The van der Waals surface area contributed by atoms with E-state index in [0.29, 0.717) is 6.04 Å². The van der Waals surface area contributed by atoms with Crippen molar-refractivity contribution in [3.8, 4) is 0 Å². The first-order valence-electron chi connectivity index (χ1n) is 8.66. The van der Waals surface area contributed by atoms with Gasteiger partial charge < -0.3 is 9.64 Å². The van der Waals surface area contributed by atoms with E-state index in [4.69, 9.17) is 4.74 Å². The Morgan fingerprint density at radius 2 is 2.08 bits per heavy atom. The van der Waals surface area contributed by atoms with Crippen molar-refractivity contribution in [1.82, 2.24) is 4.90 Å². The summed E-state index contributed by atoms with van der Waals surface area (Å²) in [5.74, 6) is -0.166. The van der Waals surface area contributed by atoms with E-state index in [1.165, 1.54) is 23.7 Å². The van der Waals surface area contributed by atoms with Crippen LogP contribution in [-0.4, -0.2) is 41.7 Å². The molecular weight excluding hydrogens is 322 g/mol. The van der Waals surface area contributed by atoms with Gasteiger partial charge in [-0.2, -0.15) is 0 Å². The van der Waals surface area contributed by atoms with Crippen molar-refractivity contribution >= 4 is 23.6 Å². The second kappa shape index (κ2) is 9.11. The monoisotopic (exact) mass is 349 g/mol. The van der Waals surface area contributed by atoms with Crippen LogP contribution in [0, 0.1) is 13.8 Å². The molecule has 0 bridgehead atoms. The smallest absolute Gasteiger partial charge is 0.316 e. The predicted octanol–water partition coefficient (Wildman–Crippen LogP) is 3.73. The highest BCUT2D eigenvalue weighted by Gasteiger charge is 2.25. The van der Waals surface area contributed by atoms with Crippen LogP contribution in [0.3, 0.4) is 0 Å². The van der Waals surface area contributed by atoms with Gasteiger partial charge in [0.2, 0.25) is 0 Å². The molecule has 24 heavy (non-hydrogen) atoms. The number of carbonyl (C=O) groups is 2. The standard InChI is InChI=1S/C19H27NO3S/c1-4-16-7-5-6-10-20(16)18(21)12-23-19(22)13-24-17-11-14(2)8-9-15(17)3/h8-9,11,16H,4-7,10,12-13H2,1-3H3/t16-/m0/s1. The molecule has 1 amide bonds. The van der Waals surface area contributed by atoms with Gasteiger partial charge in [-0.25, -0.2) is 0 Å². The summed E-state index contributed by atoms with van der Waals surface area (Å²) >= 11 is 1.46. The molecular formula is C19H27NO3S. The van der Waals surface area contributed by atoms with Crippen LogP contribution < -0.4 is 0 Å². The van der Waals surface area contributed by atoms with E-state index in [1.807, 2.05) is 24.8 Å². The Morgan fingerprint density at radius 1 is 1.29 bits per heavy atom. The third kappa shape index (κ3) is 5.26. The average Bonchev–Trinajstić information content (AvgIpc) is 2.60. The van der Waals surface area contributed by atoms with Crippen LogP contribution >= 0.6 is 11.8 Å². The molecule has 0 aliphatic carbocycles. The maximum atomic E-state index is 12.3. The highest BCUT2D eigenvalue weighted by atomic mass is 32.2. The maximum absolute atomic E-state index is 12.3. The Labute approximate surface area is 148 Å². The number of amides is 1. The van der Waals surface area contributed by atoms with E-state index in [9.17, 15) is 9.59 Å². The fourth-order valence-corrected chi connectivity index (χ4v) is 3.94. The second-order valence-electron chi connectivity index (χ2n) is 6.36. The summed E-state index contributed by atoms with van der Waals surface area (Å²) in [7, 11) is 0. The molecule has 0 aromatic heterocycles. The van der Waals surface area contributed by atoms with Crippen LogP contribution in [0.25, 0.3) is 0 Å². The van der Waals surface area contributed by atoms with E-state index in [1.54, 1.807) is 0 Å². The summed E-state index contributed by atoms with van der Waals surface area (Å²) < 4.78 is 5.19. The van der Waals surface area contributed by atoms with Gasteiger partial charge in [-0.05, 0) is 51.2 Å². The maximum Gasteiger partial charge on any atom is 0.316 e. The number of nitrogens with zero attached hydrogens (tertiary/aromatic N) is 1. The molecule has 1 atom stereocenters. The molecule has 132 valence electrons. The molecule has 0 unspecified atom stereocenters. The van der Waals surface area contributed by atoms with E-state index >= 15 is 0 Å². The number of thioether (sulfide) groups is 1. The first-order chi connectivity index (χ1) is 11.5. The molecule has 0 spiro atoms. The van der Waals surface area contributed by atoms with Gasteiger partial charge in [0.15, 0.2) is 6.61 Å². The van der Waals surface area contributed by atoms with Gasteiger partial charge in [0.25, 0.3) is 5.91 Å². The van der Waals surface area contributed by atoms with E-state index in [0.717, 1.165) is 36.3 Å². The summed E-state index contributed by atoms with van der Waals surface area (Å²) in [5, 5.41) is 0. The number of aryl methyl sites for hydroxylation is 2. The average molecular weight is 349 g/mol. The van der Waals surface area contributed by atoms with Gasteiger partial charge in [-0.3, -0.25) is 9.59 Å². The number of benzene rings is 1. The molecule has 1 aliphatic heterocycles. The normalized spacial score (nSPS) is 17.6. The summed E-state index contributed by atoms with van der Waals surface area (Å²) in [6.45, 7) is 6.80. The highest BCUT2D eigenvalue weighted by Crippen LogP contribution is 2.24. The molecule has 1 fully saturated rings. The zero-order chi connectivity index (χ0) is 17.5. The number of hydrogen-bond donors (Lipinski definition) is 0. The number of piperidine rings is 1. The SMILES string of the molecule is CC[C@H]1CCCCN1C(=O)COC(=O)CSc1cc(C)ccc1C. The van der Waals surface area contributed by atoms with Crippen LogP contribution in [0.4, 0.5) is 0 Å². The van der Waals surface area contributed by atoms with Crippen LogP contribution in [0.2, 0.25) is 0 Å². The number of carbonyl (C=O) groups excluding carboxylic acids is 2. The lowest BCUT2D eigenvalue weighted by Gasteiger charge is -2.35. The molecule has 5 heteroatoms. The van der Waals surface area contributed by atoms with Crippen molar-refractivity contribution in [2.45, 2.75) is 57.4 Å². The van der Waals surface area contributed by atoms with Crippen molar-refractivity contribution in [2.24, 2.45) is 0 Å². The Balaban J connectivity index is 1.78. The number of likely N-dealkylation sites (tertiary alicyclic amines) is 1. The summed E-state index contributed by atoms with van der Waals surface area (Å²) in [6, 6.07) is 6.47. The molecule has 0 N–H and O–H groups in total. The van der Waals surface area contributed by atoms with Crippen molar-refractivity contribution in [1.29, 1.82) is 0 Å². The molecule has 4 nitrogen and oxygen atoms in total. The van der Waals surface area contributed by atoms with Crippen molar-refractivity contribution < 1.29 is 14.3 Å². The predicted molar refractivity (Wildman–Crippen MR) is 97.2 cm³/mol. The number of rotatable bonds is 6. The fraction of sp³-hybridized carbons (Fsp3) is 0.579. The Kier molecular flexibility index (Phi) is 7.16. The van der Waals surface area contributed by atoms with Crippen LogP contribution in [0.5, 0.6) is 0 Å². The van der Waals surface area contributed by atoms with E-state index in [2.05, 4.69) is 19.1 Å². The molecule has 1 saturated heterocycles. The molecule has 1 aliphatic rings. The molecule has 1 aromatic rings. The quantitative estimate of drug-likeness (QED) is 0.580. The van der Waals surface area contributed by atoms with E-state index < -0.39 is 0 Å². The van der Waals surface area contributed by atoms with Gasteiger partial charge in [0, 0.05) is 17.5 Å². The first kappa shape index (κ1) is 18.8. The van der Waals surface area contributed by atoms with Crippen molar-refractivity contribution in [3.05, 3.63) is 29.3 Å². The molecule has 1 aromatic carbocycles. The third-order valence-electron chi connectivity index (χ3n) is 4.46. The zero-order valence-corrected chi connectivity index (χ0v) is 15.7. The Bertz CT molecular complexity index is 588. The number of hydrogen-bond acceptors (Lipinski definition) is 4. The zero-order valence-electron chi connectivity index (χ0n) is 14.8. The van der Waals surface area contributed by atoms with Crippen LogP contribution in [0.1, 0.15) is 43.7 Å². The van der Waals surface area contributed by atoms with Crippen molar-refractivity contribution in [3.63, 3.8) is 0 Å². The fourth-order valence-electron chi connectivity index (χ4n) is 3.02. The highest BCUT2D eigenvalue weighted by molar-refractivity contribution is 8.00. The molecule has 0 saturated carbocycles. The number of esters is 1. The minimum Gasteiger partial charge on any atom is -0.455 e. The minimum atomic E-state index is -0.334. The van der Waals surface area contributed by atoms with Crippen molar-refractivity contribution in [2.75, 3.05) is 18.9 Å². The Morgan fingerprint density at radius 3 is 2.83 bits per heavy atom. The summed E-state index contributed by atoms with van der Waals surface area (Å²) in [5.41, 5.74) is 2.32. The van der Waals surface area contributed by atoms with Gasteiger partial charge >= 0.3 is 5.97 Å². The molecule has 2 rings (SSSR count). The van der Waals surface area contributed by atoms with Crippen LogP contribution in [0.15, 0.2) is 23.1 Å². The minimum absolute atomic E-state index is 0.0633. The molecule has 1 heterocycles. The van der Waals surface area contributed by atoms with Gasteiger partial charge in [-0.15, -0.1) is 11.8 Å². The van der Waals surface area contributed by atoms with E-state index in [-0.39, 0.29) is 24.2 Å². The lowest BCUT2D eigenvalue weighted by Crippen LogP contribution is -2.45. The largest absolute Gasteiger partial charge is 0.455 e.